The fraction of sp³-hybridized carbons (Fsp3) is 0.619. The number of nitrogens with zero attached hydrogens (tertiary/aromatic N) is 2. The molecule has 1 fully saturated rings. The van der Waals surface area contributed by atoms with Gasteiger partial charge in [0.15, 0.2) is 0 Å². The summed E-state index contributed by atoms with van der Waals surface area (Å²) in [6.07, 6.45) is -0.162. The van der Waals surface area contributed by atoms with E-state index in [1.165, 1.54) is 17.7 Å². The molecular weight excluding hydrogens is 353 g/mol. The van der Waals surface area contributed by atoms with E-state index in [0.29, 0.717) is 6.73 Å². The lowest BCUT2D eigenvalue weighted by Gasteiger charge is -2.38. The van der Waals surface area contributed by atoms with Gasteiger partial charge in [-0.2, -0.15) is 13.2 Å². The lowest BCUT2D eigenvalue weighted by molar-refractivity contribution is -0.137. The molecule has 1 aromatic rings. The summed E-state index contributed by atoms with van der Waals surface area (Å²) in [6, 6.07) is 5.75. The van der Waals surface area contributed by atoms with Gasteiger partial charge in [0.2, 0.25) is 0 Å². The highest BCUT2D eigenvalue weighted by Gasteiger charge is 2.34. The van der Waals surface area contributed by atoms with Crippen LogP contribution in [0.15, 0.2) is 35.9 Å². The van der Waals surface area contributed by atoms with E-state index in [1.54, 1.807) is 19.2 Å². The summed E-state index contributed by atoms with van der Waals surface area (Å²) in [6.45, 7) is 10.8. The first-order valence-corrected chi connectivity index (χ1v) is 9.38. The van der Waals surface area contributed by atoms with Gasteiger partial charge in [-0.05, 0) is 49.8 Å². The van der Waals surface area contributed by atoms with Crippen molar-refractivity contribution in [3.63, 3.8) is 0 Å². The molecule has 0 spiro atoms. The highest BCUT2D eigenvalue weighted by Crippen LogP contribution is 2.35. The van der Waals surface area contributed by atoms with Crippen LogP contribution in [-0.2, 0) is 16.3 Å². The van der Waals surface area contributed by atoms with Crippen LogP contribution in [0, 0.1) is 0 Å². The molecule has 1 aliphatic heterocycles. The fourth-order valence-corrected chi connectivity index (χ4v) is 3.73. The predicted molar refractivity (Wildman–Crippen MR) is 102 cm³/mol. The van der Waals surface area contributed by atoms with Crippen molar-refractivity contribution in [1.82, 2.24) is 10.0 Å². The molecule has 1 aromatic carbocycles. The number of hydrogen-bond acceptors (Lipinski definition) is 3. The van der Waals surface area contributed by atoms with Crippen LogP contribution < -0.4 is 0 Å². The third kappa shape index (κ3) is 5.80. The van der Waals surface area contributed by atoms with Crippen LogP contribution in [0.1, 0.15) is 51.7 Å². The van der Waals surface area contributed by atoms with Crippen LogP contribution in [-0.4, -0.2) is 43.0 Å². The largest absolute Gasteiger partial charge is 0.416 e. The number of methoxy groups -OCH3 is 1. The lowest BCUT2D eigenvalue weighted by atomic mass is 9.78. The highest BCUT2D eigenvalue weighted by molar-refractivity contribution is 5.30. The van der Waals surface area contributed by atoms with E-state index in [1.807, 2.05) is 0 Å². The van der Waals surface area contributed by atoms with E-state index in [2.05, 4.69) is 43.8 Å². The molecule has 0 N–H and O–H groups in total. The van der Waals surface area contributed by atoms with E-state index in [9.17, 15) is 13.2 Å². The Balaban J connectivity index is 2.23. The van der Waals surface area contributed by atoms with E-state index in [0.717, 1.165) is 31.5 Å². The zero-order valence-electron chi connectivity index (χ0n) is 16.9. The summed E-state index contributed by atoms with van der Waals surface area (Å²) in [7, 11) is 1.69. The highest BCUT2D eigenvalue weighted by atomic mass is 19.4. The zero-order chi connectivity index (χ0) is 20.2. The molecule has 152 valence electrons. The first-order valence-electron chi connectivity index (χ1n) is 9.38. The summed E-state index contributed by atoms with van der Waals surface area (Å²) >= 11 is 0. The van der Waals surface area contributed by atoms with Crippen LogP contribution in [0.25, 0.3) is 0 Å². The Kier molecular flexibility index (Phi) is 7.11. The van der Waals surface area contributed by atoms with Gasteiger partial charge in [-0.25, -0.2) is 10.0 Å². The fourth-order valence-electron chi connectivity index (χ4n) is 3.73. The molecule has 1 aliphatic rings. The summed E-state index contributed by atoms with van der Waals surface area (Å²) < 4.78 is 43.9. The van der Waals surface area contributed by atoms with Crippen molar-refractivity contribution in [2.45, 2.75) is 58.2 Å². The Morgan fingerprint density at radius 3 is 2.22 bits per heavy atom. The third-order valence-corrected chi connectivity index (χ3v) is 5.07. The van der Waals surface area contributed by atoms with E-state index in [-0.39, 0.29) is 11.5 Å². The summed E-state index contributed by atoms with van der Waals surface area (Å²) in [5.74, 6) is 0. The quantitative estimate of drug-likeness (QED) is 0.599. The molecule has 0 radical (unpaired) electrons. The Morgan fingerprint density at radius 1 is 1.11 bits per heavy atom. The maximum absolute atomic E-state index is 12.9. The van der Waals surface area contributed by atoms with Gasteiger partial charge >= 0.3 is 6.18 Å². The first-order chi connectivity index (χ1) is 12.5. The van der Waals surface area contributed by atoms with Crippen molar-refractivity contribution in [3.8, 4) is 0 Å². The van der Waals surface area contributed by atoms with Crippen molar-refractivity contribution in [2.75, 3.05) is 26.9 Å². The maximum Gasteiger partial charge on any atom is 0.416 e. The number of alkyl halides is 3. The van der Waals surface area contributed by atoms with Crippen molar-refractivity contribution >= 4 is 0 Å². The number of hydrazine groups is 1. The molecule has 1 heterocycles. The molecule has 27 heavy (non-hydrogen) atoms. The minimum Gasteiger partial charge on any atom is -0.368 e. The minimum absolute atomic E-state index is 0.171. The number of benzene rings is 1. The molecule has 2 rings (SSSR count). The normalized spacial score (nSPS) is 17.9. The number of hydrogen-bond donors (Lipinski definition) is 0. The maximum atomic E-state index is 12.9. The molecule has 0 amide bonds. The average molecular weight is 384 g/mol. The number of halogens is 3. The molecule has 0 aromatic heterocycles. The van der Waals surface area contributed by atoms with Gasteiger partial charge in [-0.15, -0.1) is 0 Å². The Morgan fingerprint density at radius 2 is 1.70 bits per heavy atom. The average Bonchev–Trinajstić information content (AvgIpc) is 3.01. The zero-order valence-corrected chi connectivity index (χ0v) is 16.9. The summed E-state index contributed by atoms with van der Waals surface area (Å²) in [5, 5.41) is 4.55. The van der Waals surface area contributed by atoms with E-state index in [4.69, 9.17) is 4.74 Å². The van der Waals surface area contributed by atoms with Crippen molar-refractivity contribution in [3.05, 3.63) is 47.0 Å². The Bertz CT molecular complexity index is 634. The van der Waals surface area contributed by atoms with Crippen molar-refractivity contribution in [1.29, 1.82) is 0 Å². The van der Waals surface area contributed by atoms with Gasteiger partial charge in [-0.1, -0.05) is 37.6 Å². The monoisotopic (exact) mass is 384 g/mol. The van der Waals surface area contributed by atoms with Crippen LogP contribution in [0.4, 0.5) is 13.2 Å². The lowest BCUT2D eigenvalue weighted by Crippen LogP contribution is -2.46. The van der Waals surface area contributed by atoms with Gasteiger partial charge in [-0.3, -0.25) is 0 Å². The summed E-state index contributed by atoms with van der Waals surface area (Å²) in [5.41, 5.74) is 1.28. The van der Waals surface area contributed by atoms with Crippen LogP contribution in [0.5, 0.6) is 0 Å². The molecule has 1 atom stereocenters. The second-order valence-electron chi connectivity index (χ2n) is 8.14. The standard InChI is InChI=1S/C21H31F3N2O/c1-16(2)13-19(26-12-6-11-25(26)15-27-5)14-20(3,4)17-7-9-18(10-8-17)21(22,23)24/h7-10,13,19H,6,11-12,14-15H2,1-5H3. The molecule has 0 aliphatic carbocycles. The van der Waals surface area contributed by atoms with E-state index < -0.39 is 11.7 Å². The molecule has 6 heteroatoms. The second-order valence-corrected chi connectivity index (χ2v) is 8.14. The number of allylic oxidation sites excluding steroid dienone is 1. The summed E-state index contributed by atoms with van der Waals surface area (Å²) in [4.78, 5) is 0. The first kappa shape index (κ1) is 21.9. The topological polar surface area (TPSA) is 15.7 Å². The van der Waals surface area contributed by atoms with Crippen molar-refractivity contribution in [2.24, 2.45) is 0 Å². The molecule has 0 saturated carbocycles. The van der Waals surface area contributed by atoms with Crippen LogP contribution in [0.3, 0.4) is 0 Å². The minimum atomic E-state index is -4.30. The Labute approximate surface area is 160 Å². The molecule has 3 nitrogen and oxygen atoms in total. The van der Waals surface area contributed by atoms with Gasteiger partial charge in [0, 0.05) is 26.2 Å². The van der Waals surface area contributed by atoms with Gasteiger partial charge < -0.3 is 4.74 Å². The number of ether oxygens (including phenoxy) is 1. The second kappa shape index (κ2) is 8.76. The van der Waals surface area contributed by atoms with E-state index >= 15 is 0 Å². The SMILES string of the molecule is COCN1CCCN1C(C=C(C)C)CC(C)(C)c1ccc(C(F)(F)F)cc1. The third-order valence-electron chi connectivity index (χ3n) is 5.07. The number of rotatable bonds is 7. The van der Waals surface area contributed by atoms with Gasteiger partial charge in [0.1, 0.15) is 6.73 Å². The van der Waals surface area contributed by atoms with Gasteiger partial charge in [0.25, 0.3) is 0 Å². The van der Waals surface area contributed by atoms with Crippen molar-refractivity contribution < 1.29 is 17.9 Å². The molecule has 1 saturated heterocycles. The molecule has 0 bridgehead atoms. The van der Waals surface area contributed by atoms with Crippen LogP contribution in [0.2, 0.25) is 0 Å². The molecular formula is C21H31F3N2O. The molecule has 1 unspecified atom stereocenters. The van der Waals surface area contributed by atoms with Crippen LogP contribution >= 0.6 is 0 Å². The smallest absolute Gasteiger partial charge is 0.368 e. The Hall–Kier alpha value is -1.37. The predicted octanol–water partition coefficient (Wildman–Crippen LogP) is 5.23. The van der Waals surface area contributed by atoms with Gasteiger partial charge in [0.05, 0.1) is 5.56 Å².